The lowest BCUT2D eigenvalue weighted by Gasteiger charge is -2.25. The van der Waals surface area contributed by atoms with E-state index in [0.29, 0.717) is 0 Å². The summed E-state index contributed by atoms with van der Waals surface area (Å²) in [4.78, 5) is 0. The van der Waals surface area contributed by atoms with Gasteiger partial charge in [-0.15, -0.1) is 0 Å². The summed E-state index contributed by atoms with van der Waals surface area (Å²) < 4.78 is 5.37. The van der Waals surface area contributed by atoms with Gasteiger partial charge in [0.25, 0.3) is 0 Å². The minimum absolute atomic E-state index is 0.760. The fraction of sp³-hybridized carbons (Fsp3) is 0.900. The van der Waals surface area contributed by atoms with Crippen LogP contribution in [0.5, 0.6) is 0 Å². The second-order valence-electron chi connectivity index (χ2n) is 3.84. The van der Waals surface area contributed by atoms with E-state index in [1.807, 2.05) is 0 Å². The standard InChI is InChI=1S/C10H18N2O/c1-2-6-12(7-3-1)11-10-5-4-8-13-9-10/h1-9H2/b11-10-. The molecule has 0 saturated carbocycles. The lowest BCUT2D eigenvalue weighted by atomic mass is 10.1. The van der Waals surface area contributed by atoms with E-state index >= 15 is 0 Å². The minimum atomic E-state index is 0.760. The van der Waals surface area contributed by atoms with Crippen LogP contribution in [-0.2, 0) is 4.74 Å². The lowest BCUT2D eigenvalue weighted by molar-refractivity contribution is 0.149. The predicted octanol–water partition coefficient (Wildman–Crippen LogP) is 1.64. The monoisotopic (exact) mass is 182 g/mol. The van der Waals surface area contributed by atoms with Crippen LogP contribution >= 0.6 is 0 Å². The molecule has 2 fully saturated rings. The highest BCUT2D eigenvalue weighted by Gasteiger charge is 2.11. The molecule has 2 aliphatic rings. The van der Waals surface area contributed by atoms with Gasteiger partial charge < -0.3 is 4.74 Å². The highest BCUT2D eigenvalue weighted by Crippen LogP contribution is 2.11. The Hall–Kier alpha value is -0.570. The van der Waals surface area contributed by atoms with E-state index in [4.69, 9.17) is 4.74 Å². The molecule has 3 heteroatoms. The molecular weight excluding hydrogens is 164 g/mol. The van der Waals surface area contributed by atoms with Gasteiger partial charge in [-0.05, 0) is 32.1 Å². The van der Waals surface area contributed by atoms with Crippen molar-refractivity contribution in [1.82, 2.24) is 5.01 Å². The molecule has 0 amide bonds. The van der Waals surface area contributed by atoms with Crippen LogP contribution in [0.3, 0.4) is 0 Å². The molecule has 2 rings (SSSR count). The molecule has 74 valence electrons. The normalized spacial score (nSPS) is 28.0. The Morgan fingerprint density at radius 1 is 1.08 bits per heavy atom. The highest BCUT2D eigenvalue weighted by atomic mass is 16.5. The first-order chi connectivity index (χ1) is 6.45. The summed E-state index contributed by atoms with van der Waals surface area (Å²) in [6, 6.07) is 0. The van der Waals surface area contributed by atoms with Gasteiger partial charge in [0.2, 0.25) is 0 Å². The number of hydrogen-bond donors (Lipinski definition) is 0. The van der Waals surface area contributed by atoms with Crippen LogP contribution in [0.1, 0.15) is 32.1 Å². The largest absolute Gasteiger partial charge is 0.375 e. The second kappa shape index (κ2) is 4.61. The van der Waals surface area contributed by atoms with E-state index in [0.717, 1.165) is 39.1 Å². The Morgan fingerprint density at radius 3 is 2.62 bits per heavy atom. The zero-order chi connectivity index (χ0) is 8.93. The van der Waals surface area contributed by atoms with Crippen molar-refractivity contribution >= 4 is 5.71 Å². The molecule has 0 aliphatic carbocycles. The van der Waals surface area contributed by atoms with Crippen LogP contribution in [0.2, 0.25) is 0 Å². The van der Waals surface area contributed by atoms with Gasteiger partial charge in [-0.3, -0.25) is 5.01 Å². The van der Waals surface area contributed by atoms with Crippen molar-refractivity contribution < 1.29 is 4.74 Å². The van der Waals surface area contributed by atoms with Gasteiger partial charge in [0.05, 0.1) is 12.3 Å². The maximum Gasteiger partial charge on any atom is 0.0866 e. The zero-order valence-electron chi connectivity index (χ0n) is 8.17. The van der Waals surface area contributed by atoms with E-state index in [-0.39, 0.29) is 0 Å². The number of piperidine rings is 1. The summed E-state index contributed by atoms with van der Waals surface area (Å²) in [6.45, 7) is 3.96. The summed E-state index contributed by atoms with van der Waals surface area (Å²) in [5.74, 6) is 0. The van der Waals surface area contributed by atoms with Gasteiger partial charge in [-0.2, -0.15) is 5.10 Å². The van der Waals surface area contributed by atoms with Crippen molar-refractivity contribution in [1.29, 1.82) is 0 Å². The van der Waals surface area contributed by atoms with Crippen LogP contribution in [0.25, 0.3) is 0 Å². The Morgan fingerprint density at radius 2 is 1.92 bits per heavy atom. The molecule has 0 aromatic rings. The van der Waals surface area contributed by atoms with Crippen LogP contribution < -0.4 is 0 Å². The molecule has 0 bridgehead atoms. The molecule has 0 N–H and O–H groups in total. The molecule has 0 spiro atoms. The number of ether oxygens (including phenoxy) is 1. The van der Waals surface area contributed by atoms with Gasteiger partial charge in [0.1, 0.15) is 0 Å². The Kier molecular flexibility index (Phi) is 3.19. The highest BCUT2D eigenvalue weighted by molar-refractivity contribution is 5.85. The van der Waals surface area contributed by atoms with Gasteiger partial charge in [-0.1, -0.05) is 0 Å². The minimum Gasteiger partial charge on any atom is -0.375 e. The first-order valence-electron chi connectivity index (χ1n) is 5.34. The molecule has 0 aromatic carbocycles. The summed E-state index contributed by atoms with van der Waals surface area (Å²) in [6.07, 6.45) is 6.26. The van der Waals surface area contributed by atoms with Crippen molar-refractivity contribution in [3.05, 3.63) is 0 Å². The third-order valence-corrected chi connectivity index (χ3v) is 2.64. The Labute approximate surface area is 79.8 Å². The van der Waals surface area contributed by atoms with Gasteiger partial charge >= 0.3 is 0 Å². The third kappa shape index (κ3) is 2.69. The van der Waals surface area contributed by atoms with Crippen molar-refractivity contribution in [2.75, 3.05) is 26.3 Å². The average molecular weight is 182 g/mol. The number of rotatable bonds is 1. The van der Waals surface area contributed by atoms with Gasteiger partial charge in [0, 0.05) is 19.7 Å². The quantitative estimate of drug-likeness (QED) is 0.616. The average Bonchev–Trinajstić information content (AvgIpc) is 2.21. The lowest BCUT2D eigenvalue weighted by Crippen LogP contribution is -2.28. The molecule has 0 aromatic heterocycles. The van der Waals surface area contributed by atoms with Crippen LogP contribution in [-0.4, -0.2) is 37.0 Å². The zero-order valence-corrected chi connectivity index (χ0v) is 8.17. The van der Waals surface area contributed by atoms with Crippen LogP contribution in [0.15, 0.2) is 5.10 Å². The summed E-state index contributed by atoms with van der Waals surface area (Å²) in [5, 5.41) is 6.84. The van der Waals surface area contributed by atoms with Crippen molar-refractivity contribution in [2.24, 2.45) is 5.10 Å². The van der Waals surface area contributed by atoms with Crippen molar-refractivity contribution in [3.8, 4) is 0 Å². The molecule has 0 unspecified atom stereocenters. The van der Waals surface area contributed by atoms with Crippen molar-refractivity contribution in [3.63, 3.8) is 0 Å². The number of hydrogen-bond acceptors (Lipinski definition) is 3. The predicted molar refractivity (Wildman–Crippen MR) is 52.9 cm³/mol. The number of hydrazone groups is 1. The maximum absolute atomic E-state index is 5.37. The summed E-state index contributed by atoms with van der Waals surface area (Å²) >= 11 is 0. The molecule has 2 aliphatic heterocycles. The second-order valence-corrected chi connectivity index (χ2v) is 3.84. The van der Waals surface area contributed by atoms with E-state index in [2.05, 4.69) is 10.1 Å². The molecule has 2 heterocycles. The summed E-state index contributed by atoms with van der Waals surface area (Å²) in [7, 11) is 0. The SMILES string of the molecule is C1CCN(/N=C2/CCCOC2)CC1. The van der Waals surface area contributed by atoms with Gasteiger partial charge in [-0.25, -0.2) is 0 Å². The molecule has 3 nitrogen and oxygen atoms in total. The molecule has 2 saturated heterocycles. The van der Waals surface area contributed by atoms with E-state index in [9.17, 15) is 0 Å². The summed E-state index contributed by atoms with van der Waals surface area (Å²) in [5.41, 5.74) is 1.24. The third-order valence-electron chi connectivity index (χ3n) is 2.64. The molecular formula is C10H18N2O. The van der Waals surface area contributed by atoms with E-state index in [1.54, 1.807) is 0 Å². The van der Waals surface area contributed by atoms with Crippen molar-refractivity contribution in [2.45, 2.75) is 32.1 Å². The Balaban J connectivity index is 1.85. The first kappa shape index (κ1) is 9.00. The smallest absolute Gasteiger partial charge is 0.0866 e. The maximum atomic E-state index is 5.37. The first-order valence-corrected chi connectivity index (χ1v) is 5.34. The fourth-order valence-corrected chi connectivity index (χ4v) is 1.90. The molecule has 13 heavy (non-hydrogen) atoms. The van der Waals surface area contributed by atoms with E-state index < -0.39 is 0 Å². The fourth-order valence-electron chi connectivity index (χ4n) is 1.90. The van der Waals surface area contributed by atoms with Gasteiger partial charge in [0.15, 0.2) is 0 Å². The van der Waals surface area contributed by atoms with E-state index in [1.165, 1.54) is 25.0 Å². The molecule has 0 atom stereocenters. The number of nitrogens with zero attached hydrogens (tertiary/aromatic N) is 2. The van der Waals surface area contributed by atoms with Crippen LogP contribution in [0, 0.1) is 0 Å². The topological polar surface area (TPSA) is 24.8 Å². The van der Waals surface area contributed by atoms with Crippen LogP contribution in [0.4, 0.5) is 0 Å². The Bertz CT molecular complexity index is 177. The molecule has 0 radical (unpaired) electrons.